The van der Waals surface area contributed by atoms with Gasteiger partial charge in [0, 0.05) is 24.3 Å². The molecule has 1 N–H and O–H groups in total. The highest BCUT2D eigenvalue weighted by atomic mass is 16.5. The third-order valence-corrected chi connectivity index (χ3v) is 4.08. The Hall–Kier alpha value is -2.08. The van der Waals surface area contributed by atoms with Crippen molar-refractivity contribution in [1.82, 2.24) is 10.2 Å². The van der Waals surface area contributed by atoms with Crippen molar-refractivity contribution in [3.8, 4) is 5.75 Å². The molecule has 0 spiro atoms. The molecule has 1 aromatic rings. The second-order valence-electron chi connectivity index (χ2n) is 7.59. The summed E-state index contributed by atoms with van der Waals surface area (Å²) >= 11 is 0. The number of carbonyl (C=O) groups is 2. The van der Waals surface area contributed by atoms with E-state index in [0.29, 0.717) is 24.5 Å². The van der Waals surface area contributed by atoms with E-state index in [0.717, 1.165) is 19.4 Å². The average molecular weight is 362 g/mol. The zero-order valence-electron chi connectivity index (χ0n) is 16.2. The number of nitrogens with one attached hydrogen (secondary N) is 1. The van der Waals surface area contributed by atoms with Gasteiger partial charge in [-0.2, -0.15) is 0 Å². The highest BCUT2D eigenvalue weighted by molar-refractivity contribution is 5.96. The van der Waals surface area contributed by atoms with E-state index in [9.17, 15) is 9.59 Å². The molecule has 1 aliphatic heterocycles. The van der Waals surface area contributed by atoms with Gasteiger partial charge in [0.2, 0.25) is 5.91 Å². The monoisotopic (exact) mass is 362 g/mol. The zero-order valence-corrected chi connectivity index (χ0v) is 16.2. The van der Waals surface area contributed by atoms with Crippen LogP contribution >= 0.6 is 0 Å². The summed E-state index contributed by atoms with van der Waals surface area (Å²) < 4.78 is 11.2. The first kappa shape index (κ1) is 20.2. The van der Waals surface area contributed by atoms with Gasteiger partial charge in [0.1, 0.15) is 12.4 Å². The van der Waals surface area contributed by atoms with Crippen LogP contribution in [0, 0.1) is 0 Å². The summed E-state index contributed by atoms with van der Waals surface area (Å²) in [6.45, 7) is 9.45. The molecule has 2 amide bonds. The molecule has 1 unspecified atom stereocenters. The van der Waals surface area contributed by atoms with Crippen LogP contribution in [0.4, 0.5) is 0 Å². The third-order valence-electron chi connectivity index (χ3n) is 4.08. The van der Waals surface area contributed by atoms with E-state index in [2.05, 4.69) is 5.32 Å². The van der Waals surface area contributed by atoms with Gasteiger partial charge in [0.05, 0.1) is 12.6 Å². The smallest absolute Gasteiger partial charge is 0.254 e. The summed E-state index contributed by atoms with van der Waals surface area (Å²) in [5.41, 5.74) is 0.224. The molecule has 1 fully saturated rings. The van der Waals surface area contributed by atoms with Crippen molar-refractivity contribution >= 4 is 11.8 Å². The molecule has 2 rings (SSSR count). The molecule has 1 aromatic carbocycles. The summed E-state index contributed by atoms with van der Waals surface area (Å²) in [6.07, 6.45) is 2.27. The van der Waals surface area contributed by atoms with Gasteiger partial charge in [-0.15, -0.1) is 0 Å². The number of likely N-dealkylation sites (N-methyl/N-ethyl adjacent to an activating group) is 1. The van der Waals surface area contributed by atoms with Crippen molar-refractivity contribution in [2.75, 3.05) is 26.3 Å². The van der Waals surface area contributed by atoms with Crippen molar-refractivity contribution in [1.29, 1.82) is 0 Å². The molecular formula is C20H30N2O4. The minimum Gasteiger partial charge on any atom is -0.491 e. The van der Waals surface area contributed by atoms with Crippen molar-refractivity contribution in [3.63, 3.8) is 0 Å². The van der Waals surface area contributed by atoms with Gasteiger partial charge in [0.15, 0.2) is 0 Å². The van der Waals surface area contributed by atoms with E-state index in [4.69, 9.17) is 9.47 Å². The van der Waals surface area contributed by atoms with Crippen LogP contribution in [0.3, 0.4) is 0 Å². The summed E-state index contributed by atoms with van der Waals surface area (Å²) in [5, 5.41) is 2.88. The van der Waals surface area contributed by atoms with Crippen LogP contribution in [0.25, 0.3) is 0 Å². The lowest BCUT2D eigenvalue weighted by molar-refractivity contribution is -0.123. The Morgan fingerprint density at radius 2 is 1.96 bits per heavy atom. The van der Waals surface area contributed by atoms with Crippen LogP contribution in [0.2, 0.25) is 0 Å². The van der Waals surface area contributed by atoms with Crippen LogP contribution in [0.15, 0.2) is 24.3 Å². The molecule has 1 atom stereocenters. The second kappa shape index (κ2) is 9.03. The Morgan fingerprint density at radius 1 is 1.27 bits per heavy atom. The molecule has 6 nitrogen and oxygen atoms in total. The highest BCUT2D eigenvalue weighted by Crippen LogP contribution is 2.17. The van der Waals surface area contributed by atoms with Gasteiger partial charge in [-0.25, -0.2) is 0 Å². The van der Waals surface area contributed by atoms with Crippen LogP contribution in [-0.4, -0.2) is 54.7 Å². The van der Waals surface area contributed by atoms with Crippen molar-refractivity contribution in [2.24, 2.45) is 0 Å². The maximum atomic E-state index is 12.6. The van der Waals surface area contributed by atoms with Crippen LogP contribution in [0.1, 0.15) is 50.9 Å². The maximum Gasteiger partial charge on any atom is 0.254 e. The molecule has 0 aliphatic carbocycles. The first-order valence-corrected chi connectivity index (χ1v) is 9.23. The Labute approximate surface area is 155 Å². The SMILES string of the molecule is CCN(CC(=O)NC(C)(C)C)C(=O)c1ccc(OCC2CCCO2)cc1. The first-order chi connectivity index (χ1) is 12.3. The summed E-state index contributed by atoms with van der Waals surface area (Å²) in [6, 6.07) is 7.03. The van der Waals surface area contributed by atoms with Gasteiger partial charge >= 0.3 is 0 Å². The molecule has 0 radical (unpaired) electrons. The normalized spacial score (nSPS) is 17.0. The first-order valence-electron chi connectivity index (χ1n) is 9.23. The van der Waals surface area contributed by atoms with Gasteiger partial charge in [-0.1, -0.05) is 0 Å². The van der Waals surface area contributed by atoms with E-state index in [-0.39, 0.29) is 30.0 Å². The Morgan fingerprint density at radius 3 is 2.50 bits per heavy atom. The predicted molar refractivity (Wildman–Crippen MR) is 100 cm³/mol. The molecular weight excluding hydrogens is 332 g/mol. The third kappa shape index (κ3) is 6.33. The standard InChI is InChI=1S/C20H30N2O4/c1-5-22(13-18(23)21-20(2,3)4)19(24)15-8-10-16(11-9-15)26-14-17-7-6-12-25-17/h8-11,17H,5-7,12-14H2,1-4H3,(H,21,23). The van der Waals surface area contributed by atoms with Crippen molar-refractivity contribution < 1.29 is 19.1 Å². The van der Waals surface area contributed by atoms with E-state index in [1.807, 2.05) is 27.7 Å². The Bertz CT molecular complexity index is 601. The van der Waals surface area contributed by atoms with Crippen molar-refractivity contribution in [3.05, 3.63) is 29.8 Å². The van der Waals surface area contributed by atoms with E-state index < -0.39 is 0 Å². The lowest BCUT2D eigenvalue weighted by atomic mass is 10.1. The largest absolute Gasteiger partial charge is 0.491 e. The van der Waals surface area contributed by atoms with Gasteiger partial charge in [0.25, 0.3) is 5.91 Å². The quantitative estimate of drug-likeness (QED) is 0.810. The minimum absolute atomic E-state index is 0.0455. The van der Waals surface area contributed by atoms with Crippen molar-refractivity contribution in [2.45, 2.75) is 52.2 Å². The minimum atomic E-state index is -0.318. The summed E-state index contributed by atoms with van der Waals surface area (Å²) in [7, 11) is 0. The van der Waals surface area contributed by atoms with E-state index in [1.165, 1.54) is 4.90 Å². The number of nitrogens with zero attached hydrogens (tertiary/aromatic N) is 1. The summed E-state index contributed by atoms with van der Waals surface area (Å²) in [5.74, 6) is 0.386. The lowest BCUT2D eigenvalue weighted by Crippen LogP contribution is -2.47. The molecule has 26 heavy (non-hydrogen) atoms. The number of ether oxygens (including phenoxy) is 2. The zero-order chi connectivity index (χ0) is 19.2. The van der Waals surface area contributed by atoms with Crippen LogP contribution in [0.5, 0.6) is 5.75 Å². The molecule has 1 aliphatic rings. The predicted octanol–water partition coefficient (Wildman–Crippen LogP) is 2.62. The fraction of sp³-hybridized carbons (Fsp3) is 0.600. The number of carbonyl (C=O) groups excluding carboxylic acids is 2. The number of hydrogen-bond donors (Lipinski definition) is 1. The van der Waals surface area contributed by atoms with E-state index in [1.54, 1.807) is 24.3 Å². The topological polar surface area (TPSA) is 67.9 Å². The fourth-order valence-corrected chi connectivity index (χ4v) is 2.80. The number of hydrogen-bond acceptors (Lipinski definition) is 4. The average Bonchev–Trinajstić information content (AvgIpc) is 3.09. The molecule has 0 aromatic heterocycles. The molecule has 144 valence electrons. The molecule has 0 saturated carbocycles. The highest BCUT2D eigenvalue weighted by Gasteiger charge is 2.21. The van der Waals surface area contributed by atoms with Gasteiger partial charge in [-0.05, 0) is 64.8 Å². The van der Waals surface area contributed by atoms with Crippen LogP contribution in [-0.2, 0) is 9.53 Å². The molecule has 1 saturated heterocycles. The Kier molecular flexibility index (Phi) is 7.03. The molecule has 6 heteroatoms. The van der Waals surface area contributed by atoms with Gasteiger partial charge < -0.3 is 19.7 Å². The number of amides is 2. The van der Waals surface area contributed by atoms with Gasteiger partial charge in [-0.3, -0.25) is 9.59 Å². The lowest BCUT2D eigenvalue weighted by Gasteiger charge is -2.25. The van der Waals surface area contributed by atoms with E-state index >= 15 is 0 Å². The number of benzene rings is 1. The molecule has 0 bridgehead atoms. The second-order valence-corrected chi connectivity index (χ2v) is 7.59. The summed E-state index contributed by atoms with van der Waals surface area (Å²) in [4.78, 5) is 26.3. The number of rotatable bonds is 7. The molecule has 1 heterocycles. The fourth-order valence-electron chi connectivity index (χ4n) is 2.80. The Balaban J connectivity index is 1.90. The van der Waals surface area contributed by atoms with Crippen LogP contribution < -0.4 is 10.1 Å². The maximum absolute atomic E-state index is 12.6.